The Morgan fingerprint density at radius 2 is 1.81 bits per heavy atom. The Labute approximate surface area is 156 Å². The molecule has 1 fully saturated rings. The molecule has 1 saturated heterocycles. The lowest BCUT2D eigenvalue weighted by molar-refractivity contribution is -0.188. The largest absolute Gasteiger partial charge is 0.481 e. The number of hydrogen-bond acceptors (Lipinski definition) is 4. The molecule has 1 aromatic rings. The number of nitrogens with zero attached hydrogens (tertiary/aromatic N) is 1. The van der Waals surface area contributed by atoms with Crippen molar-refractivity contribution in [2.24, 2.45) is 11.8 Å². The lowest BCUT2D eigenvalue weighted by atomic mass is 9.96. The van der Waals surface area contributed by atoms with Crippen molar-refractivity contribution in [2.45, 2.75) is 12.8 Å². The first-order valence-electron chi connectivity index (χ1n) is 7.43. The Morgan fingerprint density at radius 3 is 2.26 bits per heavy atom. The molecule has 152 valence electrons. The summed E-state index contributed by atoms with van der Waals surface area (Å²) >= 11 is 0. The van der Waals surface area contributed by atoms with Crippen molar-refractivity contribution in [3.8, 4) is 5.75 Å². The Bertz CT molecular complexity index is 657. The molecular formula is C15H16ClF5N2O4. The van der Waals surface area contributed by atoms with Crippen LogP contribution in [-0.2, 0) is 9.59 Å². The molecular weight excluding hydrogens is 403 g/mol. The number of aliphatic carboxylic acids is 1. The molecule has 1 amide bonds. The minimum absolute atomic E-state index is 0. The maximum absolute atomic E-state index is 12.9. The number of carboxylic acid groups (broad SMARTS) is 1. The third-order valence-corrected chi connectivity index (χ3v) is 3.86. The normalized spacial score (nSPS) is 20.2. The third-order valence-electron chi connectivity index (χ3n) is 3.86. The Morgan fingerprint density at radius 1 is 1.22 bits per heavy atom. The number of carbonyl (C=O) groups is 2. The smallest absolute Gasteiger partial charge is 0.393 e. The standard InChI is InChI=1S/C15H15F5N2O4.ClH/c16-14(17)26-9-3-1-8(2-4-9)21-12(23)7-22-5-10(13(24)25)11(6-22)15(18,19)20;/h1-4,10-11,14H,5-7H2,(H,21,23)(H,24,25);1H/t10-,11-;/m1./s1. The number of rotatable bonds is 6. The van der Waals surface area contributed by atoms with E-state index >= 15 is 0 Å². The van der Waals surface area contributed by atoms with E-state index in [0.29, 0.717) is 0 Å². The van der Waals surface area contributed by atoms with Crippen LogP contribution in [0.15, 0.2) is 24.3 Å². The van der Waals surface area contributed by atoms with Crippen molar-refractivity contribution in [1.29, 1.82) is 0 Å². The zero-order chi connectivity index (χ0) is 19.5. The SMILES string of the molecule is Cl.O=C(CN1C[C@@H](C(F)(F)F)[C@H](C(=O)O)C1)Nc1ccc(OC(F)F)cc1. The van der Waals surface area contributed by atoms with E-state index in [2.05, 4.69) is 10.1 Å². The first-order chi connectivity index (χ1) is 12.1. The highest BCUT2D eigenvalue weighted by Crippen LogP contribution is 2.37. The molecule has 0 aliphatic carbocycles. The van der Waals surface area contributed by atoms with Crippen molar-refractivity contribution in [3.05, 3.63) is 24.3 Å². The first-order valence-corrected chi connectivity index (χ1v) is 7.43. The van der Waals surface area contributed by atoms with E-state index in [-0.39, 0.29) is 23.8 Å². The van der Waals surface area contributed by atoms with Crippen molar-refractivity contribution >= 4 is 30.0 Å². The first kappa shape index (κ1) is 22.9. The highest BCUT2D eigenvalue weighted by molar-refractivity contribution is 5.92. The van der Waals surface area contributed by atoms with Gasteiger partial charge in [0.2, 0.25) is 5.91 Å². The molecule has 0 spiro atoms. The predicted molar refractivity (Wildman–Crippen MR) is 86.1 cm³/mol. The summed E-state index contributed by atoms with van der Waals surface area (Å²) in [6, 6.07) is 4.96. The number of hydrogen-bond donors (Lipinski definition) is 2. The highest BCUT2D eigenvalue weighted by atomic mass is 35.5. The second-order valence-electron chi connectivity index (χ2n) is 5.74. The van der Waals surface area contributed by atoms with E-state index in [0.717, 1.165) is 4.90 Å². The van der Waals surface area contributed by atoms with E-state index in [4.69, 9.17) is 5.11 Å². The number of nitrogens with one attached hydrogen (secondary N) is 1. The summed E-state index contributed by atoms with van der Waals surface area (Å²) in [5.41, 5.74) is 0.234. The fourth-order valence-electron chi connectivity index (χ4n) is 2.72. The van der Waals surface area contributed by atoms with E-state index in [1.165, 1.54) is 24.3 Å². The van der Waals surface area contributed by atoms with Gasteiger partial charge in [0, 0.05) is 18.8 Å². The molecule has 6 nitrogen and oxygen atoms in total. The molecule has 0 saturated carbocycles. The monoisotopic (exact) mass is 418 g/mol. The fourth-order valence-corrected chi connectivity index (χ4v) is 2.72. The number of carboxylic acids is 1. The number of carbonyl (C=O) groups excluding carboxylic acids is 1. The molecule has 2 N–H and O–H groups in total. The van der Waals surface area contributed by atoms with Crippen LogP contribution < -0.4 is 10.1 Å². The van der Waals surface area contributed by atoms with Crippen LogP contribution in [-0.4, -0.2) is 54.3 Å². The summed E-state index contributed by atoms with van der Waals surface area (Å²) in [5.74, 6) is -6.01. The minimum atomic E-state index is -4.67. The van der Waals surface area contributed by atoms with Gasteiger partial charge in [0.25, 0.3) is 0 Å². The van der Waals surface area contributed by atoms with Crippen LogP contribution in [0.3, 0.4) is 0 Å². The van der Waals surface area contributed by atoms with E-state index < -0.39 is 56.1 Å². The Hall–Kier alpha value is -2.14. The van der Waals surface area contributed by atoms with E-state index in [1.807, 2.05) is 0 Å². The Kier molecular flexibility index (Phi) is 7.78. The number of anilines is 1. The second-order valence-corrected chi connectivity index (χ2v) is 5.74. The number of alkyl halides is 5. The zero-order valence-electron chi connectivity index (χ0n) is 13.6. The summed E-state index contributed by atoms with van der Waals surface area (Å²) in [7, 11) is 0. The number of likely N-dealkylation sites (tertiary alicyclic amines) is 1. The Balaban J connectivity index is 0.00000364. The molecule has 1 aliphatic heterocycles. The number of amides is 1. The van der Waals surface area contributed by atoms with Gasteiger partial charge in [-0.05, 0) is 24.3 Å². The maximum atomic E-state index is 12.9. The summed E-state index contributed by atoms with van der Waals surface area (Å²) in [4.78, 5) is 24.0. The average molecular weight is 419 g/mol. The third kappa shape index (κ3) is 6.51. The van der Waals surface area contributed by atoms with Gasteiger partial charge in [0.1, 0.15) is 5.75 Å². The molecule has 27 heavy (non-hydrogen) atoms. The summed E-state index contributed by atoms with van der Waals surface area (Å²) in [6.07, 6.45) is -4.67. The van der Waals surface area contributed by atoms with Gasteiger partial charge in [0.05, 0.1) is 18.4 Å². The summed E-state index contributed by atoms with van der Waals surface area (Å²) < 4.78 is 66.9. The van der Waals surface area contributed by atoms with Gasteiger partial charge >= 0.3 is 18.8 Å². The lowest BCUT2D eigenvalue weighted by Gasteiger charge is -2.18. The second kappa shape index (κ2) is 9.18. The predicted octanol–water partition coefficient (Wildman–Crippen LogP) is 2.84. The summed E-state index contributed by atoms with van der Waals surface area (Å²) in [5, 5.41) is 11.3. The van der Waals surface area contributed by atoms with E-state index in [9.17, 15) is 31.5 Å². The molecule has 1 aromatic carbocycles. The van der Waals surface area contributed by atoms with Gasteiger partial charge in [-0.1, -0.05) is 0 Å². The maximum Gasteiger partial charge on any atom is 0.393 e. The van der Waals surface area contributed by atoms with Gasteiger partial charge < -0.3 is 15.2 Å². The molecule has 12 heteroatoms. The number of ether oxygens (including phenoxy) is 1. The molecule has 2 atom stereocenters. The molecule has 2 rings (SSSR count). The van der Waals surface area contributed by atoms with Gasteiger partial charge in [-0.2, -0.15) is 22.0 Å². The van der Waals surface area contributed by atoms with Crippen molar-refractivity contribution in [3.63, 3.8) is 0 Å². The molecule has 0 unspecified atom stereocenters. The van der Waals surface area contributed by atoms with Crippen LogP contribution in [0.5, 0.6) is 5.75 Å². The van der Waals surface area contributed by atoms with Gasteiger partial charge in [-0.15, -0.1) is 12.4 Å². The summed E-state index contributed by atoms with van der Waals surface area (Å²) in [6.45, 7) is -4.40. The van der Waals surface area contributed by atoms with Gasteiger partial charge in [0.15, 0.2) is 0 Å². The molecule has 1 aliphatic rings. The van der Waals surface area contributed by atoms with Crippen LogP contribution in [0.4, 0.5) is 27.6 Å². The lowest BCUT2D eigenvalue weighted by Crippen LogP contribution is -2.34. The fraction of sp³-hybridized carbons (Fsp3) is 0.467. The quantitative estimate of drug-likeness (QED) is 0.695. The minimum Gasteiger partial charge on any atom is -0.481 e. The van der Waals surface area contributed by atoms with Crippen molar-refractivity contribution in [1.82, 2.24) is 4.90 Å². The molecule has 1 heterocycles. The number of benzene rings is 1. The average Bonchev–Trinajstić information content (AvgIpc) is 2.93. The highest BCUT2D eigenvalue weighted by Gasteiger charge is 2.52. The molecule has 0 radical (unpaired) electrons. The number of halogens is 6. The zero-order valence-corrected chi connectivity index (χ0v) is 14.4. The topological polar surface area (TPSA) is 78.9 Å². The van der Waals surface area contributed by atoms with Crippen LogP contribution in [0.25, 0.3) is 0 Å². The van der Waals surface area contributed by atoms with Gasteiger partial charge in [-0.25, -0.2) is 0 Å². The van der Waals surface area contributed by atoms with Crippen LogP contribution in [0.1, 0.15) is 0 Å². The molecule has 0 bridgehead atoms. The van der Waals surface area contributed by atoms with Crippen LogP contribution >= 0.6 is 12.4 Å². The van der Waals surface area contributed by atoms with Crippen molar-refractivity contribution in [2.75, 3.05) is 25.0 Å². The van der Waals surface area contributed by atoms with Gasteiger partial charge in [-0.3, -0.25) is 14.5 Å². The van der Waals surface area contributed by atoms with Crippen LogP contribution in [0, 0.1) is 11.8 Å². The van der Waals surface area contributed by atoms with Crippen molar-refractivity contribution < 1.29 is 41.4 Å². The molecule has 0 aromatic heterocycles. The van der Waals surface area contributed by atoms with Crippen LogP contribution in [0.2, 0.25) is 0 Å². The van der Waals surface area contributed by atoms with E-state index in [1.54, 1.807) is 0 Å².